The lowest BCUT2D eigenvalue weighted by Crippen LogP contribution is -2.40. The SMILES string of the molecule is O=C(C1Cc2ccccc2S1)N1CCCN(c2ccccc2)CC1. The molecule has 1 unspecified atom stereocenters. The van der Waals surface area contributed by atoms with Gasteiger partial charge in [0.25, 0.3) is 0 Å². The first-order valence-corrected chi connectivity index (χ1v) is 9.52. The summed E-state index contributed by atoms with van der Waals surface area (Å²) in [6.45, 7) is 3.63. The fourth-order valence-corrected chi connectivity index (χ4v) is 4.84. The predicted molar refractivity (Wildman–Crippen MR) is 99.6 cm³/mol. The van der Waals surface area contributed by atoms with Crippen LogP contribution in [0.2, 0.25) is 0 Å². The lowest BCUT2D eigenvalue weighted by molar-refractivity contribution is -0.130. The molecule has 2 aromatic rings. The number of rotatable bonds is 2. The molecule has 2 aliphatic heterocycles. The summed E-state index contributed by atoms with van der Waals surface area (Å²) in [4.78, 5) is 18.7. The molecular weight excluding hydrogens is 316 g/mol. The number of carbonyl (C=O) groups is 1. The normalized spacial score (nSPS) is 20.6. The van der Waals surface area contributed by atoms with Crippen molar-refractivity contribution in [2.24, 2.45) is 0 Å². The van der Waals surface area contributed by atoms with Crippen molar-refractivity contribution in [2.75, 3.05) is 31.1 Å². The number of amides is 1. The van der Waals surface area contributed by atoms with Crippen LogP contribution in [0.5, 0.6) is 0 Å². The molecule has 0 N–H and O–H groups in total. The van der Waals surface area contributed by atoms with Crippen molar-refractivity contribution in [3.05, 3.63) is 60.2 Å². The molecule has 3 nitrogen and oxygen atoms in total. The van der Waals surface area contributed by atoms with Crippen LogP contribution in [0.15, 0.2) is 59.5 Å². The Balaban J connectivity index is 1.40. The highest BCUT2D eigenvalue weighted by Crippen LogP contribution is 2.37. The minimum atomic E-state index is 0.0608. The van der Waals surface area contributed by atoms with Crippen LogP contribution in [-0.4, -0.2) is 42.2 Å². The fourth-order valence-electron chi connectivity index (χ4n) is 3.56. The van der Waals surface area contributed by atoms with Crippen molar-refractivity contribution in [3.8, 4) is 0 Å². The maximum atomic E-state index is 13.0. The third kappa shape index (κ3) is 3.16. The average molecular weight is 338 g/mol. The van der Waals surface area contributed by atoms with Gasteiger partial charge in [0.1, 0.15) is 0 Å². The summed E-state index contributed by atoms with van der Waals surface area (Å²) in [5.74, 6) is 0.311. The Morgan fingerprint density at radius 1 is 0.917 bits per heavy atom. The lowest BCUT2D eigenvalue weighted by atomic mass is 10.1. The number of carbonyl (C=O) groups excluding carboxylic acids is 1. The summed E-state index contributed by atoms with van der Waals surface area (Å²) in [6, 6.07) is 18.9. The summed E-state index contributed by atoms with van der Waals surface area (Å²) >= 11 is 1.74. The van der Waals surface area contributed by atoms with Crippen molar-refractivity contribution in [1.82, 2.24) is 4.90 Å². The van der Waals surface area contributed by atoms with E-state index in [2.05, 4.69) is 58.3 Å². The van der Waals surface area contributed by atoms with Crippen molar-refractivity contribution >= 4 is 23.4 Å². The second-order valence-electron chi connectivity index (χ2n) is 6.42. The second kappa shape index (κ2) is 6.89. The van der Waals surface area contributed by atoms with Crippen molar-refractivity contribution in [3.63, 3.8) is 0 Å². The van der Waals surface area contributed by atoms with E-state index in [1.807, 2.05) is 6.07 Å². The summed E-state index contributed by atoms with van der Waals surface area (Å²) in [5.41, 5.74) is 2.58. The maximum absolute atomic E-state index is 13.0. The Morgan fingerprint density at radius 3 is 2.54 bits per heavy atom. The summed E-state index contributed by atoms with van der Waals surface area (Å²) in [7, 11) is 0. The van der Waals surface area contributed by atoms with E-state index in [1.54, 1.807) is 11.8 Å². The van der Waals surface area contributed by atoms with Gasteiger partial charge < -0.3 is 9.80 Å². The first-order chi connectivity index (χ1) is 11.8. The van der Waals surface area contributed by atoms with Crippen LogP contribution in [-0.2, 0) is 11.2 Å². The average Bonchev–Trinajstić information content (AvgIpc) is 2.91. The molecule has 4 heteroatoms. The Bertz CT molecular complexity index is 694. The third-order valence-electron chi connectivity index (χ3n) is 4.85. The van der Waals surface area contributed by atoms with E-state index in [0.29, 0.717) is 5.91 Å². The Hall–Kier alpha value is -1.94. The number of fused-ring (bicyclic) bond motifs is 1. The highest BCUT2D eigenvalue weighted by molar-refractivity contribution is 8.01. The molecule has 24 heavy (non-hydrogen) atoms. The molecular formula is C20H22N2OS. The molecule has 0 aliphatic carbocycles. The molecule has 0 bridgehead atoms. The molecule has 1 saturated heterocycles. The molecule has 0 aromatic heterocycles. The van der Waals surface area contributed by atoms with Gasteiger partial charge in [-0.25, -0.2) is 0 Å². The van der Waals surface area contributed by atoms with Gasteiger partial charge in [-0.15, -0.1) is 11.8 Å². The van der Waals surface area contributed by atoms with E-state index in [0.717, 1.165) is 39.0 Å². The Kier molecular flexibility index (Phi) is 4.48. The molecule has 124 valence electrons. The van der Waals surface area contributed by atoms with E-state index < -0.39 is 0 Å². The van der Waals surface area contributed by atoms with Gasteiger partial charge in [-0.1, -0.05) is 36.4 Å². The topological polar surface area (TPSA) is 23.6 Å². The molecule has 2 heterocycles. The van der Waals surface area contributed by atoms with Gasteiger partial charge in [-0.2, -0.15) is 0 Å². The minimum absolute atomic E-state index is 0.0608. The molecule has 1 amide bonds. The number of nitrogens with zero attached hydrogens (tertiary/aromatic N) is 2. The van der Waals surface area contributed by atoms with Crippen LogP contribution in [0.25, 0.3) is 0 Å². The molecule has 0 spiro atoms. The van der Waals surface area contributed by atoms with Gasteiger partial charge in [0.2, 0.25) is 5.91 Å². The van der Waals surface area contributed by atoms with Gasteiger partial charge >= 0.3 is 0 Å². The number of thioether (sulfide) groups is 1. The number of hydrogen-bond donors (Lipinski definition) is 0. The largest absolute Gasteiger partial charge is 0.370 e. The highest BCUT2D eigenvalue weighted by Gasteiger charge is 2.32. The van der Waals surface area contributed by atoms with Crippen LogP contribution >= 0.6 is 11.8 Å². The first kappa shape index (κ1) is 15.6. The zero-order chi connectivity index (χ0) is 16.4. The summed E-state index contributed by atoms with van der Waals surface area (Å²) in [6.07, 6.45) is 1.91. The van der Waals surface area contributed by atoms with Gasteiger partial charge in [0.15, 0.2) is 0 Å². The highest BCUT2D eigenvalue weighted by atomic mass is 32.2. The number of hydrogen-bond acceptors (Lipinski definition) is 3. The van der Waals surface area contributed by atoms with E-state index in [4.69, 9.17) is 0 Å². The lowest BCUT2D eigenvalue weighted by Gasteiger charge is -2.25. The number of benzene rings is 2. The Labute approximate surface area is 147 Å². The standard InChI is InChI=1S/C20H22N2OS/c23-20(19-15-16-7-4-5-10-18(16)24-19)22-12-6-11-21(13-14-22)17-8-2-1-3-9-17/h1-5,7-10,19H,6,11-15H2. The molecule has 0 saturated carbocycles. The molecule has 2 aromatic carbocycles. The van der Waals surface area contributed by atoms with Crippen LogP contribution < -0.4 is 4.90 Å². The second-order valence-corrected chi connectivity index (χ2v) is 7.66. The van der Waals surface area contributed by atoms with Crippen LogP contribution in [0.1, 0.15) is 12.0 Å². The molecule has 2 aliphatic rings. The van der Waals surface area contributed by atoms with E-state index >= 15 is 0 Å². The van der Waals surface area contributed by atoms with Crippen LogP contribution in [0, 0.1) is 0 Å². The fraction of sp³-hybridized carbons (Fsp3) is 0.350. The smallest absolute Gasteiger partial charge is 0.236 e. The molecule has 4 rings (SSSR count). The first-order valence-electron chi connectivity index (χ1n) is 8.64. The molecule has 0 radical (unpaired) electrons. The third-order valence-corrected chi connectivity index (χ3v) is 6.16. The van der Waals surface area contributed by atoms with E-state index in [9.17, 15) is 4.79 Å². The maximum Gasteiger partial charge on any atom is 0.236 e. The summed E-state index contributed by atoms with van der Waals surface area (Å²) in [5, 5.41) is 0.0608. The predicted octanol–water partition coefficient (Wildman–Crippen LogP) is 3.44. The van der Waals surface area contributed by atoms with Crippen molar-refractivity contribution in [1.29, 1.82) is 0 Å². The van der Waals surface area contributed by atoms with E-state index in [1.165, 1.54) is 16.1 Å². The van der Waals surface area contributed by atoms with Gasteiger partial charge in [-0.05, 0) is 36.6 Å². The van der Waals surface area contributed by atoms with E-state index in [-0.39, 0.29) is 5.25 Å². The summed E-state index contributed by atoms with van der Waals surface area (Å²) < 4.78 is 0. The zero-order valence-corrected chi connectivity index (χ0v) is 14.5. The quantitative estimate of drug-likeness (QED) is 0.838. The number of anilines is 1. The van der Waals surface area contributed by atoms with Gasteiger partial charge in [-0.3, -0.25) is 4.79 Å². The Morgan fingerprint density at radius 2 is 1.71 bits per heavy atom. The molecule has 1 atom stereocenters. The minimum Gasteiger partial charge on any atom is -0.370 e. The van der Waals surface area contributed by atoms with Crippen LogP contribution in [0.3, 0.4) is 0 Å². The zero-order valence-electron chi connectivity index (χ0n) is 13.7. The van der Waals surface area contributed by atoms with Crippen LogP contribution in [0.4, 0.5) is 5.69 Å². The number of para-hydroxylation sites is 1. The molecule has 1 fully saturated rings. The monoisotopic (exact) mass is 338 g/mol. The van der Waals surface area contributed by atoms with Crippen molar-refractivity contribution in [2.45, 2.75) is 23.0 Å². The van der Waals surface area contributed by atoms with Crippen molar-refractivity contribution < 1.29 is 4.79 Å². The van der Waals surface area contributed by atoms with Gasteiger partial charge in [0.05, 0.1) is 5.25 Å². The van der Waals surface area contributed by atoms with Gasteiger partial charge in [0, 0.05) is 36.8 Å².